The molecule has 1 aromatic carbocycles. The first-order valence-electron chi connectivity index (χ1n) is 3.20. The van der Waals surface area contributed by atoms with E-state index in [0.29, 0.717) is 3.57 Å². The summed E-state index contributed by atoms with van der Waals surface area (Å²) in [6, 6.07) is 3.68. The summed E-state index contributed by atoms with van der Waals surface area (Å²) in [4.78, 5) is 0. The third-order valence-corrected chi connectivity index (χ3v) is 4.12. The van der Waals surface area contributed by atoms with Crippen LogP contribution < -0.4 is 0 Å². The highest BCUT2D eigenvalue weighted by Gasteiger charge is 2.19. The predicted molar refractivity (Wildman–Crippen MR) is 63.6 cm³/mol. The summed E-state index contributed by atoms with van der Waals surface area (Å²) in [6.07, 6.45) is 0. The maximum Gasteiger partial charge on any atom is 0.102 e. The zero-order chi connectivity index (χ0) is 10.9. The van der Waals surface area contributed by atoms with Gasteiger partial charge in [-0.25, -0.2) is 0 Å². The van der Waals surface area contributed by atoms with E-state index in [1.54, 1.807) is 6.07 Å². The smallest absolute Gasteiger partial charge is 0.102 e. The first-order chi connectivity index (χ1) is 6.54. The number of rotatable bonds is 0. The molecule has 0 unspecified atom stereocenters. The standard InChI is InChI=1S/C8Cl3IN2/c9-5-3(1-13)6(10)7(11)8(12)4(5)2-14. The monoisotopic (exact) mass is 356 g/mol. The van der Waals surface area contributed by atoms with Gasteiger partial charge in [-0.1, -0.05) is 34.8 Å². The Morgan fingerprint density at radius 2 is 1.36 bits per heavy atom. The van der Waals surface area contributed by atoms with Gasteiger partial charge >= 0.3 is 0 Å². The first kappa shape index (κ1) is 11.9. The SMILES string of the molecule is N#Cc1c(Cl)c(Cl)c(I)c(C#N)c1Cl. The molecular weight excluding hydrogens is 357 g/mol. The molecule has 1 rings (SSSR count). The van der Waals surface area contributed by atoms with Gasteiger partial charge in [0.15, 0.2) is 0 Å². The lowest BCUT2D eigenvalue weighted by atomic mass is 10.1. The number of hydrogen-bond donors (Lipinski definition) is 0. The minimum Gasteiger partial charge on any atom is -0.192 e. The molecule has 1 aromatic rings. The molecule has 70 valence electrons. The maximum absolute atomic E-state index is 8.78. The Morgan fingerprint density at radius 3 is 1.79 bits per heavy atom. The minimum atomic E-state index is 0.0373. The van der Waals surface area contributed by atoms with E-state index in [0.717, 1.165) is 0 Å². The van der Waals surface area contributed by atoms with Crippen LogP contribution in [0.1, 0.15) is 11.1 Å². The lowest BCUT2D eigenvalue weighted by Gasteiger charge is -2.06. The molecule has 0 spiro atoms. The topological polar surface area (TPSA) is 47.6 Å². The zero-order valence-corrected chi connectivity index (χ0v) is 10.8. The van der Waals surface area contributed by atoms with Gasteiger partial charge in [-0.15, -0.1) is 0 Å². The van der Waals surface area contributed by atoms with Gasteiger partial charge in [0, 0.05) is 0 Å². The van der Waals surface area contributed by atoms with Gasteiger partial charge in [0.05, 0.1) is 29.8 Å². The van der Waals surface area contributed by atoms with Crippen LogP contribution in [0.15, 0.2) is 0 Å². The molecule has 0 saturated heterocycles. The second kappa shape index (κ2) is 4.55. The lowest BCUT2D eigenvalue weighted by Crippen LogP contribution is -1.92. The highest BCUT2D eigenvalue weighted by Crippen LogP contribution is 2.38. The van der Waals surface area contributed by atoms with Gasteiger partial charge in [-0.05, 0) is 22.6 Å². The van der Waals surface area contributed by atoms with Crippen LogP contribution in [0.25, 0.3) is 0 Å². The normalized spacial score (nSPS) is 9.29. The minimum absolute atomic E-state index is 0.0373. The summed E-state index contributed by atoms with van der Waals surface area (Å²) in [6.45, 7) is 0. The van der Waals surface area contributed by atoms with Crippen molar-refractivity contribution in [1.82, 2.24) is 0 Å². The zero-order valence-electron chi connectivity index (χ0n) is 6.41. The molecular formula is C8Cl3IN2. The summed E-state index contributed by atoms with van der Waals surface area (Å²) in [5.74, 6) is 0. The van der Waals surface area contributed by atoms with Gasteiger partial charge in [0.25, 0.3) is 0 Å². The molecule has 6 heteroatoms. The summed E-state index contributed by atoms with van der Waals surface area (Å²) in [5, 5.41) is 17.8. The maximum atomic E-state index is 8.78. The first-order valence-corrected chi connectivity index (χ1v) is 5.42. The van der Waals surface area contributed by atoms with E-state index in [1.165, 1.54) is 0 Å². The Labute approximate surface area is 109 Å². The molecule has 0 aliphatic heterocycles. The van der Waals surface area contributed by atoms with Crippen molar-refractivity contribution in [3.8, 4) is 12.1 Å². The van der Waals surface area contributed by atoms with E-state index in [-0.39, 0.29) is 26.2 Å². The van der Waals surface area contributed by atoms with Crippen LogP contribution in [0.5, 0.6) is 0 Å². The summed E-state index contributed by atoms with van der Waals surface area (Å²) in [5.41, 5.74) is 0.216. The van der Waals surface area contributed by atoms with Gasteiger partial charge in [0.2, 0.25) is 0 Å². The molecule has 14 heavy (non-hydrogen) atoms. The number of benzene rings is 1. The molecule has 0 amide bonds. The Kier molecular flexibility index (Phi) is 3.86. The average Bonchev–Trinajstić information content (AvgIpc) is 2.16. The quantitative estimate of drug-likeness (QED) is 0.400. The van der Waals surface area contributed by atoms with Crippen molar-refractivity contribution in [3.63, 3.8) is 0 Å². The lowest BCUT2D eigenvalue weighted by molar-refractivity contribution is 1.43. The largest absolute Gasteiger partial charge is 0.192 e. The summed E-state index contributed by atoms with van der Waals surface area (Å²) in [7, 11) is 0. The molecule has 0 fully saturated rings. The highest BCUT2D eigenvalue weighted by molar-refractivity contribution is 14.1. The molecule has 0 N–H and O–H groups in total. The fraction of sp³-hybridized carbons (Fsp3) is 0. The number of hydrogen-bond acceptors (Lipinski definition) is 2. The van der Waals surface area contributed by atoms with E-state index >= 15 is 0 Å². The van der Waals surface area contributed by atoms with Crippen LogP contribution in [-0.4, -0.2) is 0 Å². The van der Waals surface area contributed by atoms with Crippen LogP contribution >= 0.6 is 57.4 Å². The van der Waals surface area contributed by atoms with E-state index in [4.69, 9.17) is 45.3 Å². The molecule has 0 aliphatic carbocycles. The molecule has 0 atom stereocenters. The third-order valence-electron chi connectivity index (χ3n) is 1.49. The molecule has 2 nitrogen and oxygen atoms in total. The van der Waals surface area contributed by atoms with Crippen LogP contribution in [0.2, 0.25) is 15.1 Å². The Hall–Kier alpha value is -0.200. The second-order valence-corrected chi connectivity index (χ2v) is 4.44. The molecule has 0 heterocycles. The fourth-order valence-electron chi connectivity index (χ4n) is 0.830. The van der Waals surface area contributed by atoms with Crippen molar-refractivity contribution in [3.05, 3.63) is 29.8 Å². The third kappa shape index (κ3) is 1.78. The summed E-state index contributed by atoms with van der Waals surface area (Å²) < 4.78 is 0.459. The van der Waals surface area contributed by atoms with Crippen molar-refractivity contribution in [2.24, 2.45) is 0 Å². The van der Waals surface area contributed by atoms with Gasteiger partial charge in [-0.2, -0.15) is 10.5 Å². The van der Waals surface area contributed by atoms with E-state index in [2.05, 4.69) is 0 Å². The van der Waals surface area contributed by atoms with Crippen molar-refractivity contribution < 1.29 is 0 Å². The van der Waals surface area contributed by atoms with Crippen molar-refractivity contribution >= 4 is 57.4 Å². The second-order valence-electron chi connectivity index (χ2n) is 2.23. The highest BCUT2D eigenvalue weighted by atomic mass is 127. The van der Waals surface area contributed by atoms with Gasteiger partial charge < -0.3 is 0 Å². The predicted octanol–water partition coefficient (Wildman–Crippen LogP) is 3.99. The molecule has 0 bridgehead atoms. The van der Waals surface area contributed by atoms with Crippen LogP contribution in [0.3, 0.4) is 0 Å². The molecule has 0 aromatic heterocycles. The van der Waals surface area contributed by atoms with E-state index in [1.807, 2.05) is 28.7 Å². The van der Waals surface area contributed by atoms with E-state index in [9.17, 15) is 0 Å². The molecule has 0 aliphatic rings. The van der Waals surface area contributed by atoms with E-state index < -0.39 is 0 Å². The average molecular weight is 357 g/mol. The molecule has 0 saturated carbocycles. The Morgan fingerprint density at radius 1 is 0.857 bits per heavy atom. The van der Waals surface area contributed by atoms with Crippen molar-refractivity contribution in [2.45, 2.75) is 0 Å². The van der Waals surface area contributed by atoms with Crippen LogP contribution in [0.4, 0.5) is 0 Å². The fourth-order valence-corrected chi connectivity index (χ4v) is 2.55. The van der Waals surface area contributed by atoms with Gasteiger partial charge in [0.1, 0.15) is 12.1 Å². The van der Waals surface area contributed by atoms with Crippen molar-refractivity contribution in [2.75, 3.05) is 0 Å². The Bertz CT molecular complexity index is 444. The van der Waals surface area contributed by atoms with Crippen molar-refractivity contribution in [1.29, 1.82) is 10.5 Å². The Balaban J connectivity index is 3.78. The number of nitriles is 2. The van der Waals surface area contributed by atoms with Crippen LogP contribution in [0, 0.1) is 26.2 Å². The summed E-state index contributed by atoms with van der Waals surface area (Å²) >= 11 is 19.3. The number of nitrogens with zero attached hydrogens (tertiary/aromatic N) is 2. The number of halogens is 4. The van der Waals surface area contributed by atoms with Gasteiger partial charge in [-0.3, -0.25) is 0 Å². The molecule has 0 radical (unpaired) electrons. The van der Waals surface area contributed by atoms with Crippen LogP contribution in [-0.2, 0) is 0 Å².